The Balaban J connectivity index is 1.98. The SMILES string of the molecule is COCC(=O)Nc1ccc2c(c1)C(=O)N(C)C[C@@H](OC)[C@@H](C)CN(C(=O)c1ccccc1F)[C@H](C)CO2. The maximum absolute atomic E-state index is 14.5. The van der Waals surface area contributed by atoms with Gasteiger partial charge in [-0.3, -0.25) is 14.4 Å². The zero-order valence-electron chi connectivity index (χ0n) is 21.8. The van der Waals surface area contributed by atoms with Crippen molar-refractivity contribution in [1.82, 2.24) is 9.80 Å². The van der Waals surface area contributed by atoms with Gasteiger partial charge in [0.15, 0.2) is 0 Å². The molecule has 0 aliphatic carbocycles. The number of likely N-dealkylation sites (N-methyl/N-ethyl adjacent to an activating group) is 1. The number of carbonyl (C=O) groups excluding carboxylic acids is 3. The van der Waals surface area contributed by atoms with Crippen molar-refractivity contribution in [3.63, 3.8) is 0 Å². The zero-order valence-corrected chi connectivity index (χ0v) is 21.8. The summed E-state index contributed by atoms with van der Waals surface area (Å²) in [6.07, 6.45) is -0.398. The van der Waals surface area contributed by atoms with Crippen molar-refractivity contribution in [3.05, 3.63) is 59.4 Å². The van der Waals surface area contributed by atoms with E-state index in [1.54, 1.807) is 43.3 Å². The number of methoxy groups -OCH3 is 2. The number of rotatable bonds is 5. The monoisotopic (exact) mass is 515 g/mol. The number of benzene rings is 2. The fourth-order valence-electron chi connectivity index (χ4n) is 4.25. The standard InChI is InChI=1S/C27H34FN3O6/c1-17-13-31(27(34)20-8-6-7-9-22(20)28)18(2)15-37-23-11-10-19(29-25(32)16-35-4)12-21(23)26(33)30(3)14-24(17)36-5/h6-12,17-18,24H,13-16H2,1-5H3,(H,29,32)/t17-,18+,24+/m0/s1. The Labute approximate surface area is 216 Å². The summed E-state index contributed by atoms with van der Waals surface area (Å²) in [4.78, 5) is 41.9. The van der Waals surface area contributed by atoms with E-state index in [0.29, 0.717) is 11.4 Å². The minimum absolute atomic E-state index is 0.0215. The van der Waals surface area contributed by atoms with E-state index in [2.05, 4.69) is 5.32 Å². The summed E-state index contributed by atoms with van der Waals surface area (Å²) in [7, 11) is 4.62. The Morgan fingerprint density at radius 1 is 1.14 bits per heavy atom. The molecular weight excluding hydrogens is 481 g/mol. The van der Waals surface area contributed by atoms with Gasteiger partial charge in [0.25, 0.3) is 11.8 Å². The highest BCUT2D eigenvalue weighted by Gasteiger charge is 2.31. The quantitative estimate of drug-likeness (QED) is 0.658. The second-order valence-electron chi connectivity index (χ2n) is 9.23. The highest BCUT2D eigenvalue weighted by atomic mass is 19.1. The number of amides is 3. The highest BCUT2D eigenvalue weighted by Crippen LogP contribution is 2.27. The first-order chi connectivity index (χ1) is 17.7. The Bertz CT molecular complexity index is 1130. The van der Waals surface area contributed by atoms with Crippen molar-refractivity contribution in [2.75, 3.05) is 52.9 Å². The summed E-state index contributed by atoms with van der Waals surface area (Å²) in [6, 6.07) is 10.2. The lowest BCUT2D eigenvalue weighted by molar-refractivity contribution is -0.119. The van der Waals surface area contributed by atoms with Crippen molar-refractivity contribution in [3.8, 4) is 5.75 Å². The molecule has 0 unspecified atom stereocenters. The Hall–Kier alpha value is -3.50. The molecule has 9 nitrogen and oxygen atoms in total. The fraction of sp³-hybridized carbons (Fsp3) is 0.444. The normalized spacial score (nSPS) is 20.8. The van der Waals surface area contributed by atoms with Crippen molar-refractivity contribution in [2.45, 2.75) is 26.0 Å². The number of nitrogens with one attached hydrogen (secondary N) is 1. The van der Waals surface area contributed by atoms with E-state index in [0.717, 1.165) is 0 Å². The van der Waals surface area contributed by atoms with Crippen LogP contribution < -0.4 is 10.1 Å². The number of ether oxygens (including phenoxy) is 3. The van der Waals surface area contributed by atoms with Crippen molar-refractivity contribution >= 4 is 23.4 Å². The first-order valence-corrected chi connectivity index (χ1v) is 12.1. The van der Waals surface area contributed by atoms with Crippen LogP contribution in [-0.4, -0.2) is 87.2 Å². The Morgan fingerprint density at radius 3 is 2.54 bits per heavy atom. The van der Waals surface area contributed by atoms with E-state index in [-0.39, 0.29) is 55.2 Å². The minimum Gasteiger partial charge on any atom is -0.491 e. The molecule has 2 aromatic rings. The van der Waals surface area contributed by atoms with Crippen LogP contribution >= 0.6 is 0 Å². The lowest BCUT2D eigenvalue weighted by Crippen LogP contribution is -2.48. The molecule has 0 radical (unpaired) electrons. The average Bonchev–Trinajstić information content (AvgIpc) is 2.88. The minimum atomic E-state index is -0.596. The molecule has 1 aliphatic heterocycles. The molecule has 3 amide bonds. The number of fused-ring (bicyclic) bond motifs is 1. The maximum atomic E-state index is 14.5. The van der Waals surface area contributed by atoms with E-state index < -0.39 is 23.9 Å². The summed E-state index contributed by atoms with van der Waals surface area (Å²) >= 11 is 0. The molecule has 1 aliphatic rings. The predicted octanol–water partition coefficient (Wildman–Crippen LogP) is 3.06. The van der Waals surface area contributed by atoms with Crippen LogP contribution in [0.25, 0.3) is 0 Å². The number of hydrogen-bond donors (Lipinski definition) is 1. The van der Waals surface area contributed by atoms with Crippen LogP contribution in [0.2, 0.25) is 0 Å². The van der Waals surface area contributed by atoms with Crippen LogP contribution in [0.5, 0.6) is 5.75 Å². The molecule has 1 heterocycles. The Kier molecular flexibility index (Phi) is 9.60. The topological polar surface area (TPSA) is 97.4 Å². The van der Waals surface area contributed by atoms with Gasteiger partial charge in [0, 0.05) is 46.0 Å². The summed E-state index contributed by atoms with van der Waals surface area (Å²) in [6.45, 7) is 4.18. The molecule has 200 valence electrons. The van der Waals surface area contributed by atoms with Crippen LogP contribution in [-0.2, 0) is 14.3 Å². The largest absolute Gasteiger partial charge is 0.491 e. The molecule has 0 spiro atoms. The summed E-state index contributed by atoms with van der Waals surface area (Å²) in [5.74, 6) is -1.59. The van der Waals surface area contributed by atoms with E-state index in [1.807, 2.05) is 13.8 Å². The number of nitrogens with zero attached hydrogens (tertiary/aromatic N) is 2. The molecule has 0 bridgehead atoms. The molecule has 10 heteroatoms. The smallest absolute Gasteiger partial charge is 0.257 e. The summed E-state index contributed by atoms with van der Waals surface area (Å²) in [5, 5.41) is 2.69. The van der Waals surface area contributed by atoms with Gasteiger partial charge in [0.2, 0.25) is 5.91 Å². The summed E-state index contributed by atoms with van der Waals surface area (Å²) < 4.78 is 31.1. The molecule has 0 saturated carbocycles. The van der Waals surface area contributed by atoms with Crippen LogP contribution in [0.3, 0.4) is 0 Å². The molecule has 3 atom stereocenters. The average molecular weight is 516 g/mol. The van der Waals surface area contributed by atoms with Gasteiger partial charge < -0.3 is 29.3 Å². The fourth-order valence-corrected chi connectivity index (χ4v) is 4.25. The molecule has 0 fully saturated rings. The zero-order chi connectivity index (χ0) is 27.1. The van der Waals surface area contributed by atoms with Crippen molar-refractivity contribution in [1.29, 1.82) is 0 Å². The van der Waals surface area contributed by atoms with Crippen LogP contribution in [0.15, 0.2) is 42.5 Å². The van der Waals surface area contributed by atoms with Gasteiger partial charge in [-0.25, -0.2) is 4.39 Å². The van der Waals surface area contributed by atoms with Gasteiger partial charge in [0.05, 0.1) is 23.3 Å². The number of halogens is 1. The van der Waals surface area contributed by atoms with Crippen LogP contribution in [0.1, 0.15) is 34.6 Å². The number of hydrogen-bond acceptors (Lipinski definition) is 6. The van der Waals surface area contributed by atoms with E-state index in [1.165, 1.54) is 30.2 Å². The number of carbonyl (C=O) groups is 3. The van der Waals surface area contributed by atoms with Gasteiger partial charge in [-0.05, 0) is 37.3 Å². The van der Waals surface area contributed by atoms with Crippen molar-refractivity contribution < 1.29 is 33.0 Å². The maximum Gasteiger partial charge on any atom is 0.257 e. The van der Waals surface area contributed by atoms with Gasteiger partial charge in [-0.2, -0.15) is 0 Å². The van der Waals surface area contributed by atoms with Gasteiger partial charge in [-0.15, -0.1) is 0 Å². The predicted molar refractivity (Wildman–Crippen MR) is 136 cm³/mol. The van der Waals surface area contributed by atoms with E-state index in [9.17, 15) is 18.8 Å². The second-order valence-corrected chi connectivity index (χ2v) is 9.23. The second kappa shape index (κ2) is 12.6. The van der Waals surface area contributed by atoms with Gasteiger partial charge >= 0.3 is 0 Å². The number of anilines is 1. The van der Waals surface area contributed by atoms with Gasteiger partial charge in [0.1, 0.15) is 24.8 Å². The Morgan fingerprint density at radius 2 is 1.86 bits per heavy atom. The first-order valence-electron chi connectivity index (χ1n) is 12.1. The highest BCUT2D eigenvalue weighted by molar-refractivity contribution is 5.99. The molecule has 3 rings (SSSR count). The molecular formula is C27H34FN3O6. The third-order valence-electron chi connectivity index (χ3n) is 6.37. The van der Waals surface area contributed by atoms with E-state index in [4.69, 9.17) is 14.2 Å². The van der Waals surface area contributed by atoms with Crippen molar-refractivity contribution in [2.24, 2.45) is 5.92 Å². The van der Waals surface area contributed by atoms with E-state index >= 15 is 0 Å². The lowest BCUT2D eigenvalue weighted by Gasteiger charge is -2.36. The molecule has 2 aromatic carbocycles. The van der Waals surface area contributed by atoms with Crippen LogP contribution in [0.4, 0.5) is 10.1 Å². The third kappa shape index (κ3) is 6.84. The van der Waals surface area contributed by atoms with Gasteiger partial charge in [-0.1, -0.05) is 19.1 Å². The van der Waals surface area contributed by atoms with Crippen LogP contribution in [0, 0.1) is 11.7 Å². The third-order valence-corrected chi connectivity index (χ3v) is 6.37. The molecule has 0 saturated heterocycles. The summed E-state index contributed by atoms with van der Waals surface area (Å²) in [5.41, 5.74) is 0.644. The molecule has 37 heavy (non-hydrogen) atoms. The lowest BCUT2D eigenvalue weighted by atomic mass is 10.0. The molecule has 0 aromatic heterocycles. The first kappa shape index (κ1) is 28.1. The molecule has 1 N–H and O–H groups in total.